The van der Waals surface area contributed by atoms with Crippen LogP contribution in [0.5, 0.6) is 0 Å². The minimum Gasteiger partial charge on any atom is -0.373 e. The summed E-state index contributed by atoms with van der Waals surface area (Å²) in [6.07, 6.45) is 2.05. The van der Waals surface area contributed by atoms with Crippen LogP contribution >= 0.6 is 0 Å². The third-order valence-corrected chi connectivity index (χ3v) is 3.01. The summed E-state index contributed by atoms with van der Waals surface area (Å²) in [7, 11) is 1.85. The first-order chi connectivity index (χ1) is 8.17. The van der Waals surface area contributed by atoms with Gasteiger partial charge >= 0.3 is 0 Å². The second-order valence-electron chi connectivity index (χ2n) is 4.24. The number of hydrogen-bond acceptors (Lipinski definition) is 2. The molecular formula is C14H17FN2. The fraction of sp³-hybridized carbons (Fsp3) is 0.357. The summed E-state index contributed by atoms with van der Waals surface area (Å²) in [6, 6.07) is 5.40. The summed E-state index contributed by atoms with van der Waals surface area (Å²) in [5, 5.41) is 4.09. The van der Waals surface area contributed by atoms with E-state index in [0.29, 0.717) is 5.56 Å². The SMILES string of the molecule is CCCc1cc2ccc(F)c(C)c2nc1NC. The van der Waals surface area contributed by atoms with Crippen molar-refractivity contribution in [1.82, 2.24) is 4.98 Å². The van der Waals surface area contributed by atoms with Crippen molar-refractivity contribution in [2.24, 2.45) is 0 Å². The Kier molecular flexibility index (Phi) is 3.27. The maximum absolute atomic E-state index is 13.5. The highest BCUT2D eigenvalue weighted by Gasteiger charge is 2.09. The van der Waals surface area contributed by atoms with E-state index < -0.39 is 0 Å². The number of aromatic nitrogens is 1. The van der Waals surface area contributed by atoms with Crippen LogP contribution < -0.4 is 5.32 Å². The van der Waals surface area contributed by atoms with E-state index in [2.05, 4.69) is 23.3 Å². The van der Waals surface area contributed by atoms with Crippen LogP contribution in [0.2, 0.25) is 0 Å². The predicted octanol–water partition coefficient (Wildman–Crippen LogP) is 3.68. The molecule has 0 amide bonds. The number of halogens is 1. The van der Waals surface area contributed by atoms with Crippen LogP contribution in [0.4, 0.5) is 10.2 Å². The third kappa shape index (κ3) is 2.09. The molecule has 0 fully saturated rings. The van der Waals surface area contributed by atoms with E-state index in [4.69, 9.17) is 0 Å². The van der Waals surface area contributed by atoms with Gasteiger partial charge in [0.15, 0.2) is 0 Å². The molecule has 1 aromatic heterocycles. The van der Waals surface area contributed by atoms with Crippen molar-refractivity contribution in [3.8, 4) is 0 Å². The van der Waals surface area contributed by atoms with Gasteiger partial charge in [0.2, 0.25) is 0 Å². The van der Waals surface area contributed by atoms with Crippen LogP contribution in [-0.2, 0) is 6.42 Å². The zero-order valence-electron chi connectivity index (χ0n) is 10.5. The fourth-order valence-corrected chi connectivity index (χ4v) is 2.08. The van der Waals surface area contributed by atoms with Crippen molar-refractivity contribution in [3.63, 3.8) is 0 Å². The van der Waals surface area contributed by atoms with Gasteiger partial charge < -0.3 is 5.32 Å². The first-order valence-corrected chi connectivity index (χ1v) is 5.93. The van der Waals surface area contributed by atoms with Gasteiger partial charge in [-0.05, 0) is 37.1 Å². The van der Waals surface area contributed by atoms with E-state index in [9.17, 15) is 4.39 Å². The molecule has 3 heteroatoms. The van der Waals surface area contributed by atoms with Crippen LogP contribution in [0.15, 0.2) is 18.2 Å². The van der Waals surface area contributed by atoms with Crippen molar-refractivity contribution in [3.05, 3.63) is 35.1 Å². The van der Waals surface area contributed by atoms with Gasteiger partial charge in [0.25, 0.3) is 0 Å². The largest absolute Gasteiger partial charge is 0.373 e. The number of pyridine rings is 1. The molecule has 0 saturated heterocycles. The van der Waals surface area contributed by atoms with E-state index in [1.54, 1.807) is 13.0 Å². The number of benzene rings is 1. The van der Waals surface area contributed by atoms with E-state index in [0.717, 1.165) is 29.6 Å². The van der Waals surface area contributed by atoms with Crippen LogP contribution in [-0.4, -0.2) is 12.0 Å². The van der Waals surface area contributed by atoms with Gasteiger partial charge in [0.1, 0.15) is 11.6 Å². The topological polar surface area (TPSA) is 24.9 Å². The fourth-order valence-electron chi connectivity index (χ4n) is 2.08. The minimum absolute atomic E-state index is 0.199. The monoisotopic (exact) mass is 232 g/mol. The molecule has 0 unspecified atom stereocenters. The average molecular weight is 232 g/mol. The highest BCUT2D eigenvalue weighted by atomic mass is 19.1. The number of aryl methyl sites for hydroxylation is 2. The standard InChI is InChI=1S/C14H17FN2/c1-4-5-11-8-10-6-7-12(15)9(2)13(10)17-14(11)16-3/h6-8H,4-5H2,1-3H3,(H,16,17). The Bertz CT molecular complexity index is 549. The Morgan fingerprint density at radius 3 is 2.76 bits per heavy atom. The van der Waals surface area contributed by atoms with Gasteiger partial charge in [0, 0.05) is 18.0 Å². The van der Waals surface area contributed by atoms with Crippen molar-refractivity contribution in [1.29, 1.82) is 0 Å². The quantitative estimate of drug-likeness (QED) is 0.873. The normalized spacial score (nSPS) is 10.8. The first-order valence-electron chi connectivity index (χ1n) is 5.93. The van der Waals surface area contributed by atoms with E-state index >= 15 is 0 Å². The molecule has 1 N–H and O–H groups in total. The second kappa shape index (κ2) is 4.70. The molecule has 1 heterocycles. The Labute approximate surface area is 101 Å². The van der Waals surface area contributed by atoms with Crippen molar-refractivity contribution in [2.45, 2.75) is 26.7 Å². The third-order valence-electron chi connectivity index (χ3n) is 3.01. The maximum Gasteiger partial charge on any atom is 0.129 e. The number of rotatable bonds is 3. The first kappa shape index (κ1) is 11.8. The van der Waals surface area contributed by atoms with Gasteiger partial charge in [-0.15, -0.1) is 0 Å². The van der Waals surface area contributed by atoms with E-state index in [-0.39, 0.29) is 5.82 Å². The van der Waals surface area contributed by atoms with Crippen molar-refractivity contribution >= 4 is 16.7 Å². The van der Waals surface area contributed by atoms with E-state index in [1.165, 1.54) is 11.6 Å². The van der Waals surface area contributed by atoms with Gasteiger partial charge in [0.05, 0.1) is 5.52 Å². The van der Waals surface area contributed by atoms with Gasteiger partial charge in [-0.3, -0.25) is 0 Å². The zero-order chi connectivity index (χ0) is 12.4. The summed E-state index contributed by atoms with van der Waals surface area (Å²) in [5.74, 6) is 0.656. The number of nitrogens with one attached hydrogen (secondary N) is 1. The molecule has 0 bridgehead atoms. The summed E-state index contributed by atoms with van der Waals surface area (Å²) < 4.78 is 13.5. The highest BCUT2D eigenvalue weighted by molar-refractivity contribution is 5.84. The second-order valence-corrected chi connectivity index (χ2v) is 4.24. The molecule has 0 spiro atoms. The van der Waals surface area contributed by atoms with Gasteiger partial charge in [-0.25, -0.2) is 9.37 Å². The Balaban J connectivity index is 2.69. The Morgan fingerprint density at radius 2 is 2.12 bits per heavy atom. The van der Waals surface area contributed by atoms with Crippen LogP contribution in [0.1, 0.15) is 24.5 Å². The zero-order valence-corrected chi connectivity index (χ0v) is 10.5. The van der Waals surface area contributed by atoms with E-state index in [1.807, 2.05) is 7.05 Å². The molecule has 2 rings (SSSR count). The van der Waals surface area contributed by atoms with Gasteiger partial charge in [-0.2, -0.15) is 0 Å². The highest BCUT2D eigenvalue weighted by Crippen LogP contribution is 2.25. The van der Waals surface area contributed by atoms with Crippen molar-refractivity contribution in [2.75, 3.05) is 12.4 Å². The molecule has 0 aliphatic rings. The number of fused-ring (bicyclic) bond motifs is 1. The molecule has 0 radical (unpaired) electrons. The molecule has 2 aromatic rings. The summed E-state index contributed by atoms with van der Waals surface area (Å²) in [4.78, 5) is 4.52. The molecule has 90 valence electrons. The van der Waals surface area contributed by atoms with Crippen LogP contribution in [0.3, 0.4) is 0 Å². The molecule has 0 aliphatic heterocycles. The molecule has 2 nitrogen and oxygen atoms in total. The van der Waals surface area contributed by atoms with Crippen LogP contribution in [0.25, 0.3) is 10.9 Å². The smallest absolute Gasteiger partial charge is 0.129 e. The summed E-state index contributed by atoms with van der Waals surface area (Å²) in [5.41, 5.74) is 2.55. The molecule has 0 atom stereocenters. The molecular weight excluding hydrogens is 215 g/mol. The lowest BCUT2D eigenvalue weighted by molar-refractivity contribution is 0.620. The molecule has 0 saturated carbocycles. The predicted molar refractivity (Wildman–Crippen MR) is 70.0 cm³/mol. The molecule has 1 aromatic carbocycles. The lowest BCUT2D eigenvalue weighted by Crippen LogP contribution is -2.00. The van der Waals surface area contributed by atoms with Gasteiger partial charge in [-0.1, -0.05) is 13.3 Å². The average Bonchev–Trinajstić information content (AvgIpc) is 2.34. The lowest BCUT2D eigenvalue weighted by Gasteiger charge is -2.11. The molecule has 0 aliphatic carbocycles. The Hall–Kier alpha value is -1.64. The summed E-state index contributed by atoms with van der Waals surface area (Å²) >= 11 is 0. The maximum atomic E-state index is 13.5. The minimum atomic E-state index is -0.199. The lowest BCUT2D eigenvalue weighted by atomic mass is 10.1. The number of hydrogen-bond donors (Lipinski definition) is 1. The number of anilines is 1. The Morgan fingerprint density at radius 1 is 1.35 bits per heavy atom. The van der Waals surface area contributed by atoms with Crippen molar-refractivity contribution < 1.29 is 4.39 Å². The number of nitrogens with zero attached hydrogens (tertiary/aromatic N) is 1. The summed E-state index contributed by atoms with van der Waals surface area (Å²) in [6.45, 7) is 3.91. The molecule has 17 heavy (non-hydrogen) atoms. The van der Waals surface area contributed by atoms with Crippen LogP contribution in [0, 0.1) is 12.7 Å².